The van der Waals surface area contributed by atoms with Crippen LogP contribution in [0.2, 0.25) is 0 Å². The van der Waals surface area contributed by atoms with Gasteiger partial charge in [0.1, 0.15) is 0 Å². The van der Waals surface area contributed by atoms with Gasteiger partial charge in [-0.15, -0.1) is 0 Å². The largest absolute Gasteiger partial charge is 0.355 e. The minimum absolute atomic E-state index is 0.591. The summed E-state index contributed by atoms with van der Waals surface area (Å²) >= 11 is 3.57. The van der Waals surface area contributed by atoms with E-state index in [-0.39, 0.29) is 0 Å². The number of hydrogen-bond donors (Lipinski definition) is 1. The maximum Gasteiger partial charge on any atom is 0.193 e. The summed E-state index contributed by atoms with van der Waals surface area (Å²) < 4.78 is 13.3. The van der Waals surface area contributed by atoms with Crippen molar-refractivity contribution in [2.24, 2.45) is 4.99 Å². The van der Waals surface area contributed by atoms with E-state index in [2.05, 4.69) is 37.2 Å². The van der Waals surface area contributed by atoms with Crippen LogP contribution in [0.4, 0.5) is 0 Å². The molecule has 0 aliphatic carbocycles. The van der Waals surface area contributed by atoms with Crippen LogP contribution in [0.5, 0.6) is 0 Å². The maximum atomic E-state index is 12.2. The van der Waals surface area contributed by atoms with Gasteiger partial charge in [0, 0.05) is 54.0 Å². The van der Waals surface area contributed by atoms with Gasteiger partial charge < -0.3 is 10.2 Å². The first kappa shape index (κ1) is 19.7. The van der Waals surface area contributed by atoms with Crippen LogP contribution in [-0.2, 0) is 23.1 Å². The van der Waals surface area contributed by atoms with E-state index in [1.54, 1.807) is 7.05 Å². The number of guanidine groups is 1. The Morgan fingerprint density at radius 1 is 1.16 bits per heavy atom. The van der Waals surface area contributed by atoms with E-state index < -0.39 is 10.8 Å². The van der Waals surface area contributed by atoms with Crippen molar-refractivity contribution in [1.29, 1.82) is 0 Å². The third-order valence-electron chi connectivity index (χ3n) is 3.72. The fourth-order valence-corrected chi connectivity index (χ4v) is 3.90. The van der Waals surface area contributed by atoms with Crippen molar-refractivity contribution >= 4 is 32.7 Å². The van der Waals surface area contributed by atoms with E-state index in [0.717, 1.165) is 22.5 Å². The topological polar surface area (TPSA) is 44.7 Å². The zero-order valence-electron chi connectivity index (χ0n) is 14.6. The molecule has 0 spiro atoms. The fourth-order valence-electron chi connectivity index (χ4n) is 2.45. The first-order chi connectivity index (χ1) is 12.1. The molecule has 0 bridgehead atoms. The first-order valence-electron chi connectivity index (χ1n) is 8.14. The highest BCUT2D eigenvalue weighted by Gasteiger charge is 2.09. The highest BCUT2D eigenvalue weighted by atomic mass is 79.9. The summed E-state index contributed by atoms with van der Waals surface area (Å²) in [5.41, 5.74) is 2.30. The second kappa shape index (κ2) is 10.4. The molecule has 6 heteroatoms. The lowest BCUT2D eigenvalue weighted by atomic mass is 10.2. The highest BCUT2D eigenvalue weighted by molar-refractivity contribution is 9.10. The third-order valence-corrected chi connectivity index (χ3v) is 5.81. The van der Waals surface area contributed by atoms with Crippen LogP contribution in [0.25, 0.3) is 0 Å². The van der Waals surface area contributed by atoms with Gasteiger partial charge in [-0.1, -0.05) is 64.5 Å². The molecule has 134 valence electrons. The molecule has 0 fully saturated rings. The Hall–Kier alpha value is -1.66. The second-order valence-electron chi connectivity index (χ2n) is 5.70. The zero-order chi connectivity index (χ0) is 18.1. The second-order valence-corrected chi connectivity index (χ2v) is 8.13. The van der Waals surface area contributed by atoms with Crippen molar-refractivity contribution in [3.8, 4) is 0 Å². The molecule has 0 saturated carbocycles. The van der Waals surface area contributed by atoms with Crippen molar-refractivity contribution in [3.63, 3.8) is 0 Å². The van der Waals surface area contributed by atoms with E-state index in [1.807, 2.05) is 55.6 Å². The smallest absolute Gasteiger partial charge is 0.193 e. The van der Waals surface area contributed by atoms with Crippen LogP contribution >= 0.6 is 15.9 Å². The Balaban J connectivity index is 1.80. The van der Waals surface area contributed by atoms with Crippen molar-refractivity contribution in [1.82, 2.24) is 10.2 Å². The van der Waals surface area contributed by atoms with E-state index >= 15 is 0 Å². The van der Waals surface area contributed by atoms with Crippen LogP contribution in [0.1, 0.15) is 11.1 Å². The molecule has 2 aromatic carbocycles. The van der Waals surface area contributed by atoms with Gasteiger partial charge in [0.05, 0.1) is 0 Å². The quantitative estimate of drug-likeness (QED) is 0.550. The van der Waals surface area contributed by atoms with E-state index in [1.165, 1.54) is 5.56 Å². The Bertz CT molecular complexity index is 722. The van der Waals surface area contributed by atoms with Gasteiger partial charge in [0.25, 0.3) is 0 Å². The molecule has 2 aromatic rings. The standard InChI is InChI=1S/C19H24BrN3OS/c1-21-19(23(2)14-17-10-6-7-11-18(17)20)22-12-13-25(24)15-16-8-4-3-5-9-16/h3-11H,12-15H2,1-2H3,(H,21,22). The molecular formula is C19H24BrN3OS. The Kier molecular flexibility index (Phi) is 8.15. The number of aliphatic imine (C=N–C) groups is 1. The zero-order valence-corrected chi connectivity index (χ0v) is 17.0. The van der Waals surface area contributed by atoms with Gasteiger partial charge in [-0.25, -0.2) is 0 Å². The van der Waals surface area contributed by atoms with Gasteiger partial charge in [0.2, 0.25) is 0 Å². The minimum Gasteiger partial charge on any atom is -0.355 e. The monoisotopic (exact) mass is 421 g/mol. The highest BCUT2D eigenvalue weighted by Crippen LogP contribution is 2.17. The Morgan fingerprint density at radius 2 is 1.84 bits per heavy atom. The molecule has 1 atom stereocenters. The third kappa shape index (κ3) is 6.63. The van der Waals surface area contributed by atoms with Crippen molar-refractivity contribution in [3.05, 3.63) is 70.2 Å². The van der Waals surface area contributed by atoms with Gasteiger partial charge in [-0.2, -0.15) is 0 Å². The molecule has 1 unspecified atom stereocenters. The molecule has 0 aromatic heterocycles. The molecule has 4 nitrogen and oxygen atoms in total. The maximum absolute atomic E-state index is 12.2. The molecule has 1 N–H and O–H groups in total. The summed E-state index contributed by atoms with van der Waals surface area (Å²) in [6.07, 6.45) is 0. The number of halogens is 1. The molecule has 0 heterocycles. The Labute approximate surface area is 160 Å². The van der Waals surface area contributed by atoms with Crippen LogP contribution in [0, 0.1) is 0 Å². The average molecular weight is 422 g/mol. The fraction of sp³-hybridized carbons (Fsp3) is 0.316. The Morgan fingerprint density at radius 3 is 2.52 bits per heavy atom. The van der Waals surface area contributed by atoms with Crippen LogP contribution in [-0.4, -0.2) is 41.5 Å². The summed E-state index contributed by atoms with van der Waals surface area (Å²) in [4.78, 5) is 6.37. The molecule has 2 rings (SSSR count). The number of hydrogen-bond acceptors (Lipinski definition) is 2. The van der Waals surface area contributed by atoms with Crippen molar-refractivity contribution < 1.29 is 4.21 Å². The van der Waals surface area contributed by atoms with Gasteiger partial charge in [-0.05, 0) is 17.2 Å². The average Bonchev–Trinajstić information content (AvgIpc) is 2.61. The molecule has 0 saturated heterocycles. The summed E-state index contributed by atoms with van der Waals surface area (Å²) in [6, 6.07) is 18.1. The predicted molar refractivity (Wildman–Crippen MR) is 110 cm³/mol. The number of rotatable bonds is 7. The van der Waals surface area contributed by atoms with Gasteiger partial charge >= 0.3 is 0 Å². The first-order valence-corrected chi connectivity index (χ1v) is 10.4. The molecule has 0 radical (unpaired) electrons. The lowest BCUT2D eigenvalue weighted by Gasteiger charge is -2.22. The molecule has 0 aliphatic rings. The van der Waals surface area contributed by atoms with Gasteiger partial charge in [0.15, 0.2) is 5.96 Å². The summed E-state index contributed by atoms with van der Waals surface area (Å²) in [7, 11) is 2.87. The van der Waals surface area contributed by atoms with Crippen molar-refractivity contribution in [2.45, 2.75) is 12.3 Å². The summed E-state index contributed by atoms with van der Waals surface area (Å²) in [6.45, 7) is 1.38. The van der Waals surface area contributed by atoms with Crippen LogP contribution < -0.4 is 5.32 Å². The van der Waals surface area contributed by atoms with E-state index in [4.69, 9.17) is 0 Å². The van der Waals surface area contributed by atoms with E-state index in [9.17, 15) is 4.21 Å². The van der Waals surface area contributed by atoms with Crippen LogP contribution in [0.3, 0.4) is 0 Å². The number of nitrogens with zero attached hydrogens (tertiary/aromatic N) is 2. The SMILES string of the molecule is CN=C(NCCS(=O)Cc1ccccc1)N(C)Cc1ccccc1Br. The van der Waals surface area contributed by atoms with E-state index in [0.29, 0.717) is 18.1 Å². The molecule has 25 heavy (non-hydrogen) atoms. The number of nitrogens with one attached hydrogen (secondary N) is 1. The predicted octanol–water partition coefficient (Wildman–Crippen LogP) is 3.41. The lowest BCUT2D eigenvalue weighted by molar-refractivity contribution is 0.478. The lowest BCUT2D eigenvalue weighted by Crippen LogP contribution is -2.40. The van der Waals surface area contributed by atoms with Gasteiger partial charge in [-0.3, -0.25) is 9.20 Å². The molecule has 0 aliphatic heterocycles. The normalized spacial score (nSPS) is 12.7. The molecule has 0 amide bonds. The minimum atomic E-state index is -0.888. The molecular weight excluding hydrogens is 398 g/mol. The van der Waals surface area contributed by atoms with Crippen molar-refractivity contribution in [2.75, 3.05) is 26.4 Å². The number of benzene rings is 2. The summed E-state index contributed by atoms with van der Waals surface area (Å²) in [5.74, 6) is 1.98. The van der Waals surface area contributed by atoms with Crippen LogP contribution in [0.15, 0.2) is 64.1 Å². The summed E-state index contributed by atoms with van der Waals surface area (Å²) in [5, 5.41) is 3.29.